The van der Waals surface area contributed by atoms with Crippen molar-refractivity contribution in [2.45, 2.75) is 37.6 Å². The predicted octanol–water partition coefficient (Wildman–Crippen LogP) is 4.92. The molecule has 1 aliphatic heterocycles. The number of hydrogen-bond acceptors (Lipinski definition) is 4. The Balaban J connectivity index is 1.83. The number of hydrogen-bond donors (Lipinski definition) is 0. The lowest BCUT2D eigenvalue weighted by Gasteiger charge is -2.28. The number of nitrogens with zero attached hydrogens (tertiary/aromatic N) is 1. The summed E-state index contributed by atoms with van der Waals surface area (Å²) in [6.45, 7) is 2.46. The molecule has 1 heterocycles. The highest BCUT2D eigenvalue weighted by molar-refractivity contribution is 9.10. The maximum absolute atomic E-state index is 13.3. The van der Waals surface area contributed by atoms with Crippen LogP contribution in [0.25, 0.3) is 0 Å². The maximum Gasteiger partial charge on any atom is 0.329 e. The third-order valence-corrected chi connectivity index (χ3v) is 6.45. The number of amides is 1. The number of thioether (sulfide) groups is 1. The van der Waals surface area contributed by atoms with Gasteiger partial charge in [-0.1, -0.05) is 65.7 Å². The highest BCUT2D eigenvalue weighted by Gasteiger charge is 2.42. The van der Waals surface area contributed by atoms with Crippen LogP contribution in [-0.2, 0) is 16.0 Å². The number of esters is 1. The van der Waals surface area contributed by atoms with Crippen molar-refractivity contribution in [3.05, 3.63) is 70.2 Å². The van der Waals surface area contributed by atoms with Crippen LogP contribution < -0.4 is 0 Å². The fourth-order valence-corrected chi connectivity index (χ4v) is 4.99. The summed E-state index contributed by atoms with van der Waals surface area (Å²) >= 11 is 5.07. The zero-order valence-corrected chi connectivity index (χ0v) is 18.2. The van der Waals surface area contributed by atoms with Gasteiger partial charge in [-0.05, 0) is 30.2 Å². The van der Waals surface area contributed by atoms with Gasteiger partial charge in [0.15, 0.2) is 0 Å². The van der Waals surface area contributed by atoms with Crippen molar-refractivity contribution in [1.82, 2.24) is 4.90 Å². The van der Waals surface area contributed by atoms with Crippen LogP contribution in [0.15, 0.2) is 59.1 Å². The van der Waals surface area contributed by atoms with Gasteiger partial charge in [0.05, 0.1) is 12.0 Å². The number of carbonyl (C=O) groups is 2. The smallest absolute Gasteiger partial charge is 0.329 e. The molecule has 148 valence electrons. The second kappa shape index (κ2) is 10.1. The van der Waals surface area contributed by atoms with Crippen LogP contribution in [0, 0.1) is 0 Å². The molecule has 3 rings (SSSR count). The Morgan fingerprint density at radius 2 is 1.96 bits per heavy atom. The lowest BCUT2D eigenvalue weighted by Crippen LogP contribution is -2.47. The van der Waals surface area contributed by atoms with Crippen molar-refractivity contribution in [1.29, 1.82) is 0 Å². The van der Waals surface area contributed by atoms with Crippen LogP contribution in [0.2, 0.25) is 0 Å². The Morgan fingerprint density at radius 3 is 2.68 bits per heavy atom. The summed E-state index contributed by atoms with van der Waals surface area (Å²) in [4.78, 5) is 27.7. The number of carbonyl (C=O) groups excluding carboxylic acids is 2. The standard InChI is InChI=1S/C22H24BrNO3S/c1-2-3-12-27-22(26)19-15-28-20(13-16-8-5-4-6-9-16)24(19)21(25)17-10-7-11-18(23)14-17/h4-11,14,19-20H,2-3,12-13,15H2,1H3. The molecule has 6 heteroatoms. The molecule has 2 atom stereocenters. The van der Waals surface area contributed by atoms with Gasteiger partial charge in [0.1, 0.15) is 6.04 Å². The van der Waals surface area contributed by atoms with Gasteiger partial charge in [0.25, 0.3) is 5.91 Å². The van der Waals surface area contributed by atoms with Crippen LogP contribution >= 0.6 is 27.7 Å². The van der Waals surface area contributed by atoms with Gasteiger partial charge in [0, 0.05) is 22.2 Å². The molecule has 1 saturated heterocycles. The molecule has 1 aliphatic rings. The molecule has 0 aromatic heterocycles. The Labute approximate surface area is 178 Å². The minimum Gasteiger partial charge on any atom is -0.464 e. The van der Waals surface area contributed by atoms with Gasteiger partial charge in [-0.2, -0.15) is 0 Å². The van der Waals surface area contributed by atoms with Crippen molar-refractivity contribution in [3.8, 4) is 0 Å². The van der Waals surface area contributed by atoms with Gasteiger partial charge in [0.2, 0.25) is 0 Å². The molecule has 2 aromatic carbocycles. The predicted molar refractivity (Wildman–Crippen MR) is 116 cm³/mol. The number of rotatable bonds is 7. The lowest BCUT2D eigenvalue weighted by molar-refractivity contribution is -0.148. The third-order valence-electron chi connectivity index (χ3n) is 4.67. The van der Waals surface area contributed by atoms with Crippen molar-refractivity contribution in [2.24, 2.45) is 0 Å². The van der Waals surface area contributed by atoms with Gasteiger partial charge in [-0.3, -0.25) is 4.79 Å². The van der Waals surface area contributed by atoms with Crippen LogP contribution in [0.4, 0.5) is 0 Å². The molecule has 28 heavy (non-hydrogen) atoms. The fraction of sp³-hybridized carbons (Fsp3) is 0.364. The van der Waals surface area contributed by atoms with Crippen molar-refractivity contribution in [2.75, 3.05) is 12.4 Å². The minimum atomic E-state index is -0.554. The van der Waals surface area contributed by atoms with Gasteiger partial charge in [-0.25, -0.2) is 4.79 Å². The molecule has 0 spiro atoms. The van der Waals surface area contributed by atoms with E-state index in [1.807, 2.05) is 30.3 Å². The minimum absolute atomic E-state index is 0.0994. The summed E-state index contributed by atoms with van der Waals surface area (Å²) in [5, 5.41) is -0.0994. The van der Waals surface area contributed by atoms with E-state index in [0.717, 1.165) is 22.9 Å². The van der Waals surface area contributed by atoms with E-state index in [1.165, 1.54) is 0 Å². The molecular formula is C22H24BrNO3S. The molecule has 2 aromatic rings. The molecule has 0 saturated carbocycles. The number of benzene rings is 2. The topological polar surface area (TPSA) is 46.6 Å². The first kappa shape index (κ1) is 20.9. The average Bonchev–Trinajstić information content (AvgIpc) is 3.12. The van der Waals surface area contributed by atoms with E-state index in [-0.39, 0.29) is 17.3 Å². The number of halogens is 1. The second-order valence-electron chi connectivity index (χ2n) is 6.74. The van der Waals surface area contributed by atoms with E-state index in [1.54, 1.807) is 28.8 Å². The van der Waals surface area contributed by atoms with Crippen LogP contribution in [-0.4, -0.2) is 40.6 Å². The van der Waals surface area contributed by atoms with E-state index < -0.39 is 6.04 Å². The van der Waals surface area contributed by atoms with Gasteiger partial charge in [-0.15, -0.1) is 11.8 Å². The van der Waals surface area contributed by atoms with Crippen molar-refractivity contribution >= 4 is 39.6 Å². The quantitative estimate of drug-likeness (QED) is 0.433. The molecule has 1 amide bonds. The van der Waals surface area contributed by atoms with E-state index in [0.29, 0.717) is 24.3 Å². The molecule has 4 nitrogen and oxygen atoms in total. The number of unbranched alkanes of at least 4 members (excludes halogenated alkanes) is 1. The van der Waals surface area contributed by atoms with E-state index in [9.17, 15) is 9.59 Å². The molecule has 0 bridgehead atoms. The summed E-state index contributed by atoms with van der Waals surface area (Å²) in [6, 6.07) is 16.8. The van der Waals surface area contributed by atoms with Gasteiger partial charge < -0.3 is 9.64 Å². The lowest BCUT2D eigenvalue weighted by atomic mass is 10.1. The first-order chi connectivity index (χ1) is 13.6. The average molecular weight is 462 g/mol. The zero-order chi connectivity index (χ0) is 19.9. The van der Waals surface area contributed by atoms with Crippen LogP contribution in [0.1, 0.15) is 35.7 Å². The highest BCUT2D eigenvalue weighted by Crippen LogP contribution is 2.34. The van der Waals surface area contributed by atoms with E-state index in [2.05, 4.69) is 35.0 Å². The first-order valence-electron chi connectivity index (χ1n) is 9.50. The molecule has 1 fully saturated rings. The largest absolute Gasteiger partial charge is 0.464 e. The fourth-order valence-electron chi connectivity index (χ4n) is 3.17. The second-order valence-corrected chi connectivity index (χ2v) is 8.86. The van der Waals surface area contributed by atoms with Crippen LogP contribution in [0.5, 0.6) is 0 Å². The maximum atomic E-state index is 13.3. The number of ether oxygens (including phenoxy) is 1. The Hall–Kier alpha value is -1.79. The monoisotopic (exact) mass is 461 g/mol. The summed E-state index contributed by atoms with van der Waals surface area (Å²) in [5.41, 5.74) is 1.72. The Kier molecular flexibility index (Phi) is 7.57. The Bertz CT molecular complexity index is 814. The molecular weight excluding hydrogens is 438 g/mol. The van der Waals surface area contributed by atoms with Gasteiger partial charge >= 0.3 is 5.97 Å². The SMILES string of the molecule is CCCCOC(=O)C1CSC(Cc2ccccc2)N1C(=O)c1cccc(Br)c1. The third kappa shape index (κ3) is 5.17. The molecule has 2 unspecified atom stereocenters. The first-order valence-corrected chi connectivity index (χ1v) is 11.3. The molecule has 0 N–H and O–H groups in total. The molecule has 0 radical (unpaired) electrons. The van der Waals surface area contributed by atoms with E-state index >= 15 is 0 Å². The van der Waals surface area contributed by atoms with Crippen molar-refractivity contribution in [3.63, 3.8) is 0 Å². The summed E-state index contributed by atoms with van der Waals surface area (Å²) in [5.74, 6) is 0.117. The van der Waals surface area contributed by atoms with Crippen LogP contribution in [0.3, 0.4) is 0 Å². The highest BCUT2D eigenvalue weighted by atomic mass is 79.9. The van der Waals surface area contributed by atoms with Crippen molar-refractivity contribution < 1.29 is 14.3 Å². The summed E-state index contributed by atoms with van der Waals surface area (Å²) in [6.07, 6.45) is 2.49. The normalized spacial score (nSPS) is 18.9. The molecule has 0 aliphatic carbocycles. The summed E-state index contributed by atoms with van der Waals surface area (Å²) < 4.78 is 6.29. The Morgan fingerprint density at radius 1 is 1.18 bits per heavy atom. The summed E-state index contributed by atoms with van der Waals surface area (Å²) in [7, 11) is 0. The van der Waals surface area contributed by atoms with E-state index in [4.69, 9.17) is 4.74 Å². The zero-order valence-electron chi connectivity index (χ0n) is 15.8.